The lowest BCUT2D eigenvalue weighted by atomic mass is 10.1. The fourth-order valence-electron chi connectivity index (χ4n) is 2.44. The van der Waals surface area contributed by atoms with Crippen LogP contribution in [0.4, 0.5) is 4.79 Å². The molecule has 0 unspecified atom stereocenters. The summed E-state index contributed by atoms with van der Waals surface area (Å²) >= 11 is 0. The first-order valence-electron chi connectivity index (χ1n) is 8.30. The Bertz CT molecular complexity index is 573. The van der Waals surface area contributed by atoms with Gasteiger partial charge in [0.15, 0.2) is 6.04 Å². The van der Waals surface area contributed by atoms with E-state index in [9.17, 15) is 14.4 Å². The Morgan fingerprint density at radius 3 is 2.20 bits per heavy atom. The largest absolute Gasteiger partial charge is 0.467 e. The van der Waals surface area contributed by atoms with E-state index < -0.39 is 35.7 Å². The molecule has 0 aromatic rings. The number of rotatable bonds is 5. The van der Waals surface area contributed by atoms with E-state index in [1.165, 1.54) is 18.1 Å². The Hall–Kier alpha value is -2.31. The van der Waals surface area contributed by atoms with Gasteiger partial charge in [0.1, 0.15) is 5.60 Å². The summed E-state index contributed by atoms with van der Waals surface area (Å²) in [5, 5.41) is 0. The highest BCUT2D eigenvalue weighted by molar-refractivity contribution is 5.93. The quantitative estimate of drug-likeness (QED) is 0.327. The highest BCUT2D eigenvalue weighted by Crippen LogP contribution is 2.27. The number of hydrogen-bond donors (Lipinski definition) is 0. The Kier molecular flexibility index (Phi) is 7.21. The first-order chi connectivity index (χ1) is 11.7. The normalized spacial score (nSPS) is 20.4. The zero-order valence-electron chi connectivity index (χ0n) is 15.7. The van der Waals surface area contributed by atoms with E-state index in [0.717, 1.165) is 0 Å². The molecule has 0 aromatic heterocycles. The number of hydrogen-bond acceptors (Lipinski definition) is 6. The number of methoxy groups -OCH3 is 1. The van der Waals surface area contributed by atoms with Gasteiger partial charge in [-0.15, -0.1) is 0 Å². The van der Waals surface area contributed by atoms with Crippen LogP contribution in [-0.2, 0) is 23.8 Å². The Labute approximate surface area is 148 Å². The topological polar surface area (TPSA) is 82.1 Å². The van der Waals surface area contributed by atoms with Gasteiger partial charge in [0.05, 0.1) is 25.3 Å². The minimum Gasteiger partial charge on any atom is -0.467 e. The number of carbonyl (C=O) groups excluding carboxylic acids is 3. The molecule has 0 fully saturated rings. The summed E-state index contributed by atoms with van der Waals surface area (Å²) in [6.07, 6.45) is 4.70. The highest BCUT2D eigenvalue weighted by atomic mass is 16.6. The molecule has 1 heterocycles. The number of carbonyl (C=O) groups is 3. The van der Waals surface area contributed by atoms with Crippen LogP contribution in [0.15, 0.2) is 23.8 Å². The minimum atomic E-state index is -0.959. The van der Waals surface area contributed by atoms with Crippen LogP contribution >= 0.6 is 0 Å². The van der Waals surface area contributed by atoms with Crippen molar-refractivity contribution in [3.05, 3.63) is 23.8 Å². The van der Waals surface area contributed by atoms with Gasteiger partial charge in [-0.05, 0) is 34.1 Å². The molecule has 0 spiro atoms. The third kappa shape index (κ3) is 5.34. The van der Waals surface area contributed by atoms with Crippen LogP contribution in [0.5, 0.6) is 0 Å². The Morgan fingerprint density at radius 2 is 1.72 bits per heavy atom. The lowest BCUT2D eigenvalue weighted by molar-refractivity contribution is -0.145. The second kappa shape index (κ2) is 8.69. The van der Waals surface area contributed by atoms with Gasteiger partial charge >= 0.3 is 18.0 Å². The number of esters is 2. The second-order valence-corrected chi connectivity index (χ2v) is 6.47. The average Bonchev–Trinajstić information content (AvgIpc) is 2.95. The molecule has 0 aliphatic carbocycles. The molecule has 1 amide bonds. The van der Waals surface area contributed by atoms with Crippen LogP contribution < -0.4 is 0 Å². The summed E-state index contributed by atoms with van der Waals surface area (Å²) in [6.45, 7) is 8.96. The van der Waals surface area contributed by atoms with E-state index in [0.29, 0.717) is 6.42 Å². The molecule has 0 radical (unpaired) electrons. The van der Waals surface area contributed by atoms with Gasteiger partial charge in [-0.2, -0.15) is 0 Å². The molecule has 0 saturated heterocycles. The van der Waals surface area contributed by atoms with E-state index in [2.05, 4.69) is 0 Å². The summed E-state index contributed by atoms with van der Waals surface area (Å²) in [5.41, 5.74) is -0.457. The van der Waals surface area contributed by atoms with Crippen LogP contribution in [-0.4, -0.2) is 54.3 Å². The van der Waals surface area contributed by atoms with Gasteiger partial charge in [0, 0.05) is 0 Å². The van der Waals surface area contributed by atoms with Crippen molar-refractivity contribution >= 4 is 18.0 Å². The van der Waals surface area contributed by atoms with Gasteiger partial charge < -0.3 is 14.2 Å². The summed E-state index contributed by atoms with van der Waals surface area (Å²) in [4.78, 5) is 38.2. The zero-order valence-corrected chi connectivity index (χ0v) is 15.7. The van der Waals surface area contributed by atoms with Gasteiger partial charge in [0.25, 0.3) is 0 Å². The van der Waals surface area contributed by atoms with Crippen molar-refractivity contribution in [1.29, 1.82) is 0 Å². The molecule has 0 saturated carbocycles. The van der Waals surface area contributed by atoms with Crippen molar-refractivity contribution in [3.8, 4) is 0 Å². The molecular weight excluding hydrogens is 326 g/mol. The molecule has 25 heavy (non-hydrogen) atoms. The number of amides is 1. The molecule has 2 atom stereocenters. The highest BCUT2D eigenvalue weighted by Gasteiger charge is 2.43. The number of ether oxygens (including phenoxy) is 3. The van der Waals surface area contributed by atoms with E-state index in [1.54, 1.807) is 39.8 Å². The van der Waals surface area contributed by atoms with E-state index >= 15 is 0 Å². The maximum Gasteiger partial charge on any atom is 0.412 e. The second-order valence-electron chi connectivity index (χ2n) is 6.47. The number of nitrogens with zero attached hydrogens (tertiary/aromatic N) is 1. The summed E-state index contributed by atoms with van der Waals surface area (Å²) in [5.74, 6) is -1.14. The van der Waals surface area contributed by atoms with Crippen molar-refractivity contribution in [2.24, 2.45) is 0 Å². The SMILES string of the molecule is CC/C=C(\C(=O)OCC)[C@H]1C=C[C@@H](C(=O)OC)N1C(=O)OC(C)(C)C. The third-order valence-electron chi connectivity index (χ3n) is 3.38. The van der Waals surface area contributed by atoms with Gasteiger partial charge in [-0.3, -0.25) is 4.90 Å². The molecule has 0 N–H and O–H groups in total. The monoisotopic (exact) mass is 353 g/mol. The molecule has 0 aromatic carbocycles. The summed E-state index contributed by atoms with van der Waals surface area (Å²) in [7, 11) is 1.24. The average molecular weight is 353 g/mol. The Morgan fingerprint density at radius 1 is 1.12 bits per heavy atom. The van der Waals surface area contributed by atoms with Gasteiger partial charge in [-0.1, -0.05) is 25.2 Å². The van der Waals surface area contributed by atoms with Crippen LogP contribution in [0.2, 0.25) is 0 Å². The van der Waals surface area contributed by atoms with Crippen LogP contribution in [0.3, 0.4) is 0 Å². The summed E-state index contributed by atoms with van der Waals surface area (Å²) in [6, 6.07) is -1.71. The predicted octanol–water partition coefficient (Wildman–Crippen LogP) is 2.60. The molecule has 1 aliphatic rings. The van der Waals surface area contributed by atoms with Crippen molar-refractivity contribution in [1.82, 2.24) is 4.90 Å². The van der Waals surface area contributed by atoms with E-state index in [-0.39, 0.29) is 12.2 Å². The molecule has 1 aliphatic heterocycles. The Balaban J connectivity index is 3.24. The molecule has 7 nitrogen and oxygen atoms in total. The van der Waals surface area contributed by atoms with Crippen LogP contribution in [0.25, 0.3) is 0 Å². The molecule has 0 bridgehead atoms. The zero-order chi connectivity index (χ0) is 19.2. The van der Waals surface area contributed by atoms with Crippen molar-refractivity contribution < 1.29 is 28.6 Å². The van der Waals surface area contributed by atoms with E-state index in [1.807, 2.05) is 6.92 Å². The van der Waals surface area contributed by atoms with Crippen molar-refractivity contribution in [2.45, 2.75) is 58.7 Å². The van der Waals surface area contributed by atoms with E-state index in [4.69, 9.17) is 14.2 Å². The third-order valence-corrected chi connectivity index (χ3v) is 3.38. The molecule has 7 heteroatoms. The lowest BCUT2D eigenvalue weighted by Gasteiger charge is -2.32. The van der Waals surface area contributed by atoms with Crippen molar-refractivity contribution in [2.75, 3.05) is 13.7 Å². The maximum atomic E-state index is 12.7. The lowest BCUT2D eigenvalue weighted by Crippen LogP contribution is -2.49. The first kappa shape index (κ1) is 20.7. The fraction of sp³-hybridized carbons (Fsp3) is 0.611. The van der Waals surface area contributed by atoms with Crippen LogP contribution in [0.1, 0.15) is 41.0 Å². The maximum absolute atomic E-state index is 12.7. The fourth-order valence-corrected chi connectivity index (χ4v) is 2.44. The predicted molar refractivity (Wildman–Crippen MR) is 91.8 cm³/mol. The van der Waals surface area contributed by atoms with Gasteiger partial charge in [-0.25, -0.2) is 14.4 Å². The molecule has 140 valence electrons. The smallest absolute Gasteiger partial charge is 0.412 e. The van der Waals surface area contributed by atoms with Gasteiger partial charge in [0.2, 0.25) is 0 Å². The summed E-state index contributed by atoms with van der Waals surface area (Å²) < 4.78 is 15.3. The molecule has 1 rings (SSSR count). The standard InChI is InChI=1S/C18H27NO6/c1-7-9-12(15(20)24-8-2)13-10-11-14(16(21)23-6)19(13)17(22)25-18(3,4)5/h9-11,13-14H,7-8H2,1-6H3/b12-9-/t13-,14+/m1/s1. The molecular formula is C18H27NO6. The van der Waals surface area contributed by atoms with Crippen molar-refractivity contribution in [3.63, 3.8) is 0 Å². The first-order valence-corrected chi connectivity index (χ1v) is 8.30. The minimum absolute atomic E-state index is 0.211. The number of allylic oxidation sites excluding steroid dienone is 1. The van der Waals surface area contributed by atoms with Crippen LogP contribution in [0, 0.1) is 0 Å².